The van der Waals surface area contributed by atoms with Gasteiger partial charge in [0, 0.05) is 23.4 Å². The van der Waals surface area contributed by atoms with Crippen molar-refractivity contribution in [1.82, 2.24) is 0 Å². The Morgan fingerprint density at radius 3 is 2.52 bits per heavy atom. The van der Waals surface area contributed by atoms with E-state index in [4.69, 9.17) is 4.42 Å². The monoisotopic (exact) mass is 336 g/mol. The third kappa shape index (κ3) is 4.37. The highest BCUT2D eigenvalue weighted by atomic mass is 16.4. The minimum Gasteiger partial charge on any atom is -0.423 e. The van der Waals surface area contributed by atoms with Gasteiger partial charge in [-0.2, -0.15) is 0 Å². The van der Waals surface area contributed by atoms with Crippen LogP contribution in [0.1, 0.15) is 35.6 Å². The Labute approximate surface area is 148 Å². The van der Waals surface area contributed by atoms with Gasteiger partial charge in [-0.25, -0.2) is 4.79 Å². The second kappa shape index (κ2) is 7.66. The molecular formula is C22H26NO2+. The van der Waals surface area contributed by atoms with Gasteiger partial charge in [0.15, 0.2) is 0 Å². The minimum absolute atomic E-state index is 0.268. The Bertz CT molecular complexity index is 912. The van der Waals surface area contributed by atoms with Crippen LogP contribution < -0.4 is 10.9 Å². The highest BCUT2D eigenvalue weighted by molar-refractivity contribution is 5.81. The first kappa shape index (κ1) is 17.4. The van der Waals surface area contributed by atoms with Crippen molar-refractivity contribution < 1.29 is 9.73 Å². The first-order valence-corrected chi connectivity index (χ1v) is 8.94. The van der Waals surface area contributed by atoms with Crippen LogP contribution in [0.3, 0.4) is 0 Å². The maximum absolute atomic E-state index is 11.9. The number of nitrogens with two attached hydrogens (primary N) is 1. The van der Waals surface area contributed by atoms with E-state index in [-0.39, 0.29) is 5.63 Å². The topological polar surface area (TPSA) is 46.8 Å². The molecule has 3 nitrogen and oxygen atoms in total. The van der Waals surface area contributed by atoms with Crippen LogP contribution in [0.25, 0.3) is 11.0 Å². The molecule has 2 N–H and O–H groups in total. The van der Waals surface area contributed by atoms with Crippen LogP contribution in [-0.4, -0.2) is 6.04 Å². The molecule has 0 amide bonds. The van der Waals surface area contributed by atoms with E-state index in [0.717, 1.165) is 35.9 Å². The van der Waals surface area contributed by atoms with Crippen LogP contribution >= 0.6 is 0 Å². The van der Waals surface area contributed by atoms with E-state index in [1.807, 2.05) is 13.0 Å². The lowest BCUT2D eigenvalue weighted by Gasteiger charge is -2.12. The molecule has 0 aliphatic rings. The third-order valence-electron chi connectivity index (χ3n) is 4.92. The van der Waals surface area contributed by atoms with Crippen LogP contribution in [0.5, 0.6) is 0 Å². The van der Waals surface area contributed by atoms with Gasteiger partial charge in [0.1, 0.15) is 12.1 Å². The summed E-state index contributed by atoms with van der Waals surface area (Å²) in [4.78, 5) is 11.9. The van der Waals surface area contributed by atoms with Gasteiger partial charge in [-0.3, -0.25) is 0 Å². The highest BCUT2D eigenvalue weighted by Gasteiger charge is 2.11. The van der Waals surface area contributed by atoms with Crippen LogP contribution in [0, 0.1) is 13.8 Å². The Morgan fingerprint density at radius 2 is 1.76 bits per heavy atom. The molecule has 1 heterocycles. The molecule has 0 radical (unpaired) electrons. The van der Waals surface area contributed by atoms with Crippen molar-refractivity contribution in [2.75, 3.05) is 0 Å². The van der Waals surface area contributed by atoms with Crippen molar-refractivity contribution in [2.45, 2.75) is 46.2 Å². The largest absolute Gasteiger partial charge is 0.423 e. The summed E-state index contributed by atoms with van der Waals surface area (Å²) >= 11 is 0. The zero-order valence-electron chi connectivity index (χ0n) is 15.2. The summed E-state index contributed by atoms with van der Waals surface area (Å²) in [5, 5.41) is 3.36. The molecule has 25 heavy (non-hydrogen) atoms. The predicted octanol–water partition coefficient (Wildman–Crippen LogP) is 3.49. The normalized spacial score (nSPS) is 12.4. The Balaban J connectivity index is 1.70. The number of hydrogen-bond acceptors (Lipinski definition) is 2. The number of quaternary nitrogens is 1. The molecule has 0 bridgehead atoms. The minimum atomic E-state index is -0.268. The highest BCUT2D eigenvalue weighted by Crippen LogP contribution is 2.21. The lowest BCUT2D eigenvalue weighted by atomic mass is 10.0. The van der Waals surface area contributed by atoms with Gasteiger partial charge in [0.05, 0.1) is 6.04 Å². The lowest BCUT2D eigenvalue weighted by molar-refractivity contribution is -0.701. The fraction of sp³-hybridized carbons (Fsp3) is 0.318. The summed E-state index contributed by atoms with van der Waals surface area (Å²) < 4.78 is 5.38. The van der Waals surface area contributed by atoms with Crippen LogP contribution in [0.4, 0.5) is 0 Å². The molecule has 0 unspecified atom stereocenters. The molecule has 2 aromatic carbocycles. The summed E-state index contributed by atoms with van der Waals surface area (Å²) in [6.07, 6.45) is 2.19. The summed E-state index contributed by atoms with van der Waals surface area (Å²) in [7, 11) is 0. The predicted molar refractivity (Wildman–Crippen MR) is 102 cm³/mol. The Kier molecular flexibility index (Phi) is 5.34. The van der Waals surface area contributed by atoms with E-state index < -0.39 is 0 Å². The SMILES string of the molecule is Cc1cc2oc(=O)cc(C[NH2+][C@@H](C)CCc3ccccc3)c2cc1C. The van der Waals surface area contributed by atoms with Crippen molar-refractivity contribution in [3.8, 4) is 0 Å². The molecule has 0 saturated heterocycles. The quantitative estimate of drug-likeness (QED) is 0.700. The van der Waals surface area contributed by atoms with Gasteiger partial charge >= 0.3 is 5.63 Å². The van der Waals surface area contributed by atoms with E-state index in [1.54, 1.807) is 6.07 Å². The molecule has 1 aromatic heterocycles. The van der Waals surface area contributed by atoms with E-state index in [1.165, 1.54) is 11.1 Å². The van der Waals surface area contributed by atoms with Crippen LogP contribution in [-0.2, 0) is 13.0 Å². The third-order valence-corrected chi connectivity index (χ3v) is 4.92. The van der Waals surface area contributed by atoms with E-state index >= 15 is 0 Å². The zero-order chi connectivity index (χ0) is 17.8. The van der Waals surface area contributed by atoms with Crippen molar-refractivity contribution in [2.24, 2.45) is 0 Å². The molecule has 3 heteroatoms. The molecule has 1 atom stereocenters. The van der Waals surface area contributed by atoms with Crippen molar-refractivity contribution in [3.63, 3.8) is 0 Å². The number of benzene rings is 2. The van der Waals surface area contributed by atoms with Crippen molar-refractivity contribution in [3.05, 3.63) is 81.2 Å². The molecule has 130 valence electrons. The Hall–Kier alpha value is -2.39. The molecule has 0 saturated carbocycles. The first-order chi connectivity index (χ1) is 12.0. The zero-order valence-corrected chi connectivity index (χ0v) is 15.2. The van der Waals surface area contributed by atoms with Crippen LogP contribution in [0.2, 0.25) is 0 Å². The van der Waals surface area contributed by atoms with Crippen molar-refractivity contribution >= 4 is 11.0 Å². The maximum Gasteiger partial charge on any atom is 0.336 e. The summed E-state index contributed by atoms with van der Waals surface area (Å²) in [5.74, 6) is 0. The fourth-order valence-electron chi connectivity index (χ4n) is 3.14. The molecule has 3 rings (SSSR count). The second-order valence-corrected chi connectivity index (χ2v) is 6.96. The van der Waals surface area contributed by atoms with E-state index in [0.29, 0.717) is 11.6 Å². The molecule has 0 spiro atoms. The molecular weight excluding hydrogens is 310 g/mol. The number of rotatable bonds is 6. The van der Waals surface area contributed by atoms with Gasteiger partial charge in [0.2, 0.25) is 0 Å². The van der Waals surface area contributed by atoms with E-state index in [2.05, 4.69) is 55.6 Å². The first-order valence-electron chi connectivity index (χ1n) is 8.94. The van der Waals surface area contributed by atoms with Crippen molar-refractivity contribution in [1.29, 1.82) is 0 Å². The average molecular weight is 336 g/mol. The van der Waals surface area contributed by atoms with Gasteiger partial charge in [0.25, 0.3) is 0 Å². The average Bonchev–Trinajstić information content (AvgIpc) is 2.60. The van der Waals surface area contributed by atoms with Crippen LogP contribution in [0.15, 0.2) is 57.7 Å². The maximum atomic E-state index is 11.9. The molecule has 0 aliphatic heterocycles. The number of aryl methyl sites for hydroxylation is 3. The smallest absolute Gasteiger partial charge is 0.336 e. The lowest BCUT2D eigenvalue weighted by Crippen LogP contribution is -2.87. The molecule has 0 fully saturated rings. The van der Waals surface area contributed by atoms with Gasteiger partial charge in [-0.15, -0.1) is 0 Å². The standard InChI is InChI=1S/C22H25NO2/c1-15-11-20-19(13-22(24)25-21(20)12-16(15)2)14-23-17(3)9-10-18-7-5-4-6-8-18/h4-8,11-13,17,23H,9-10,14H2,1-3H3/p+1/t17-/m0/s1. The summed E-state index contributed by atoms with van der Waals surface area (Å²) in [6, 6.07) is 16.8. The summed E-state index contributed by atoms with van der Waals surface area (Å²) in [6.45, 7) is 7.17. The number of fused-ring (bicyclic) bond motifs is 1. The Morgan fingerprint density at radius 1 is 1.04 bits per heavy atom. The summed E-state index contributed by atoms with van der Waals surface area (Å²) in [5.41, 5.74) is 5.22. The van der Waals surface area contributed by atoms with Gasteiger partial charge in [-0.05, 0) is 56.0 Å². The fourth-order valence-corrected chi connectivity index (χ4v) is 3.14. The number of hydrogen-bond donors (Lipinski definition) is 1. The van der Waals surface area contributed by atoms with Gasteiger partial charge < -0.3 is 9.73 Å². The second-order valence-electron chi connectivity index (χ2n) is 6.96. The molecule has 0 aliphatic carbocycles. The van der Waals surface area contributed by atoms with E-state index in [9.17, 15) is 4.79 Å². The molecule has 3 aromatic rings. The van der Waals surface area contributed by atoms with Gasteiger partial charge in [-0.1, -0.05) is 30.3 Å².